The van der Waals surface area contributed by atoms with Gasteiger partial charge in [0.2, 0.25) is 0 Å². The fourth-order valence-corrected chi connectivity index (χ4v) is 1.73. The van der Waals surface area contributed by atoms with Gasteiger partial charge in [0.05, 0.1) is 0 Å². The lowest BCUT2D eigenvalue weighted by Crippen LogP contribution is -2.35. The zero-order valence-electron chi connectivity index (χ0n) is 12.7. The first-order valence-electron chi connectivity index (χ1n) is 6.54. The van der Waals surface area contributed by atoms with Gasteiger partial charge < -0.3 is 10.5 Å². The molecule has 0 aliphatic heterocycles. The van der Waals surface area contributed by atoms with E-state index in [9.17, 15) is 9.18 Å². The molecule has 1 aromatic rings. The molecule has 1 rings (SSSR count). The maximum Gasteiger partial charge on any atom is 0.412 e. The van der Waals surface area contributed by atoms with Gasteiger partial charge in [-0.2, -0.15) is 0 Å². The highest BCUT2D eigenvalue weighted by molar-refractivity contribution is 5.86. The number of carbonyl (C=O) groups is 1. The number of rotatable bonds is 3. The molecule has 4 nitrogen and oxygen atoms in total. The summed E-state index contributed by atoms with van der Waals surface area (Å²) in [4.78, 5) is 11.8. The minimum absolute atomic E-state index is 0.362. The summed E-state index contributed by atoms with van der Waals surface area (Å²) >= 11 is 0. The molecule has 0 aliphatic rings. The molecular formula is C15H23FN2O2. The zero-order valence-corrected chi connectivity index (χ0v) is 12.7. The first-order valence-corrected chi connectivity index (χ1v) is 6.54. The Balaban J connectivity index is 2.92. The lowest BCUT2D eigenvalue weighted by Gasteiger charge is -2.23. The third-order valence-electron chi connectivity index (χ3n) is 2.35. The smallest absolute Gasteiger partial charge is 0.412 e. The summed E-state index contributed by atoms with van der Waals surface area (Å²) in [6, 6.07) is 4.18. The lowest BCUT2D eigenvalue weighted by molar-refractivity contribution is 0.0635. The van der Waals surface area contributed by atoms with Crippen LogP contribution in [-0.2, 0) is 11.2 Å². The van der Waals surface area contributed by atoms with Gasteiger partial charge in [-0.05, 0) is 64.8 Å². The number of benzene rings is 1. The van der Waals surface area contributed by atoms with Gasteiger partial charge in [-0.1, -0.05) is 0 Å². The van der Waals surface area contributed by atoms with Crippen molar-refractivity contribution in [1.82, 2.24) is 0 Å². The Labute approximate surface area is 119 Å². The molecule has 1 amide bonds. The number of carbonyl (C=O) groups excluding carboxylic acids is 1. The van der Waals surface area contributed by atoms with E-state index < -0.39 is 17.2 Å². The second-order valence-electron chi connectivity index (χ2n) is 6.59. The van der Waals surface area contributed by atoms with Crippen LogP contribution in [0.1, 0.15) is 40.2 Å². The molecule has 0 saturated heterocycles. The summed E-state index contributed by atoms with van der Waals surface area (Å²) < 4.78 is 18.5. The van der Waals surface area contributed by atoms with Crippen molar-refractivity contribution in [1.29, 1.82) is 0 Å². The highest BCUT2D eigenvalue weighted by Crippen LogP contribution is 2.22. The summed E-state index contributed by atoms with van der Waals surface area (Å²) in [6.45, 7) is 9.02. The maximum atomic E-state index is 13.3. The number of anilines is 1. The molecule has 3 N–H and O–H groups in total. The predicted molar refractivity (Wildman–Crippen MR) is 78.2 cm³/mol. The molecule has 112 valence electrons. The quantitative estimate of drug-likeness (QED) is 0.892. The van der Waals surface area contributed by atoms with Crippen molar-refractivity contribution in [2.24, 2.45) is 5.73 Å². The van der Waals surface area contributed by atoms with E-state index in [1.165, 1.54) is 18.2 Å². The molecule has 1 aromatic carbocycles. The fraction of sp³-hybridized carbons (Fsp3) is 0.533. The summed E-state index contributed by atoms with van der Waals surface area (Å²) in [5.41, 5.74) is 6.02. The van der Waals surface area contributed by atoms with Gasteiger partial charge in [0.1, 0.15) is 11.4 Å². The normalized spacial score (nSPS) is 12.2. The molecule has 0 saturated carbocycles. The SMILES string of the molecule is CC(C)(N)Cc1cc(F)ccc1NC(=O)OC(C)(C)C. The van der Waals surface area contributed by atoms with Crippen LogP contribution in [0.15, 0.2) is 18.2 Å². The van der Waals surface area contributed by atoms with E-state index in [1.807, 2.05) is 13.8 Å². The number of amides is 1. The lowest BCUT2D eigenvalue weighted by atomic mass is 9.95. The number of halogens is 1. The molecule has 0 spiro atoms. The van der Waals surface area contributed by atoms with Crippen molar-refractivity contribution in [3.63, 3.8) is 0 Å². The Morgan fingerprint density at radius 2 is 1.90 bits per heavy atom. The highest BCUT2D eigenvalue weighted by atomic mass is 19.1. The van der Waals surface area contributed by atoms with Crippen molar-refractivity contribution in [2.45, 2.75) is 52.2 Å². The molecule has 0 aromatic heterocycles. The van der Waals surface area contributed by atoms with Crippen LogP contribution in [-0.4, -0.2) is 17.2 Å². The third kappa shape index (κ3) is 6.02. The molecule has 0 atom stereocenters. The monoisotopic (exact) mass is 282 g/mol. The van der Waals surface area contributed by atoms with Crippen molar-refractivity contribution < 1.29 is 13.9 Å². The first kappa shape index (κ1) is 16.4. The van der Waals surface area contributed by atoms with E-state index in [0.717, 1.165) is 0 Å². The largest absolute Gasteiger partial charge is 0.444 e. The second-order valence-corrected chi connectivity index (χ2v) is 6.59. The van der Waals surface area contributed by atoms with E-state index in [2.05, 4.69) is 5.32 Å². The van der Waals surface area contributed by atoms with Crippen LogP contribution in [0.2, 0.25) is 0 Å². The van der Waals surface area contributed by atoms with E-state index in [4.69, 9.17) is 10.5 Å². The van der Waals surface area contributed by atoms with Crippen molar-refractivity contribution in [3.05, 3.63) is 29.6 Å². The van der Waals surface area contributed by atoms with Crippen LogP contribution in [0.3, 0.4) is 0 Å². The molecule has 5 heteroatoms. The Hall–Kier alpha value is -1.62. The number of nitrogens with two attached hydrogens (primary N) is 1. The van der Waals surface area contributed by atoms with Crippen LogP contribution in [0, 0.1) is 5.82 Å². The Bertz CT molecular complexity index is 488. The molecule has 0 bridgehead atoms. The average molecular weight is 282 g/mol. The highest BCUT2D eigenvalue weighted by Gasteiger charge is 2.19. The van der Waals surface area contributed by atoms with Crippen LogP contribution < -0.4 is 11.1 Å². The molecular weight excluding hydrogens is 259 g/mol. The van der Waals surface area contributed by atoms with Crippen LogP contribution in [0.25, 0.3) is 0 Å². The zero-order chi connectivity index (χ0) is 15.6. The summed E-state index contributed by atoms with van der Waals surface area (Å²) in [5, 5.41) is 2.63. The van der Waals surface area contributed by atoms with Gasteiger partial charge >= 0.3 is 6.09 Å². The van der Waals surface area contributed by atoms with Crippen LogP contribution in [0.5, 0.6) is 0 Å². The number of hydrogen-bond acceptors (Lipinski definition) is 3. The standard InChI is InChI=1S/C15H23FN2O2/c1-14(2,3)20-13(19)18-12-7-6-11(16)8-10(12)9-15(4,5)17/h6-8H,9,17H2,1-5H3,(H,18,19). The maximum absolute atomic E-state index is 13.3. The minimum atomic E-state index is -0.586. The van der Waals surface area contributed by atoms with Crippen molar-refractivity contribution >= 4 is 11.8 Å². The third-order valence-corrected chi connectivity index (χ3v) is 2.35. The molecule has 20 heavy (non-hydrogen) atoms. The predicted octanol–water partition coefficient (Wildman–Crippen LogP) is 3.45. The number of ether oxygens (including phenoxy) is 1. The van der Waals surface area contributed by atoms with Crippen LogP contribution >= 0.6 is 0 Å². The van der Waals surface area contributed by atoms with Crippen molar-refractivity contribution in [3.8, 4) is 0 Å². The van der Waals surface area contributed by atoms with Crippen molar-refractivity contribution in [2.75, 3.05) is 5.32 Å². The summed E-state index contributed by atoms with van der Waals surface area (Å²) in [6.07, 6.45) is -0.129. The summed E-state index contributed by atoms with van der Waals surface area (Å²) in [5.74, 6) is -0.362. The van der Waals surface area contributed by atoms with E-state index in [-0.39, 0.29) is 5.82 Å². The first-order chi connectivity index (χ1) is 8.96. The second kappa shape index (κ2) is 5.79. The van der Waals surface area contributed by atoms with Gasteiger partial charge in [-0.3, -0.25) is 5.32 Å². The van der Waals surface area contributed by atoms with Gasteiger partial charge in [0.25, 0.3) is 0 Å². The van der Waals surface area contributed by atoms with E-state index in [0.29, 0.717) is 17.7 Å². The Morgan fingerprint density at radius 3 is 2.40 bits per heavy atom. The topological polar surface area (TPSA) is 64.3 Å². The molecule has 0 aliphatic carbocycles. The van der Waals surface area contributed by atoms with E-state index >= 15 is 0 Å². The minimum Gasteiger partial charge on any atom is -0.444 e. The van der Waals surface area contributed by atoms with Crippen LogP contribution in [0.4, 0.5) is 14.9 Å². The summed E-state index contributed by atoms with van der Waals surface area (Å²) in [7, 11) is 0. The molecule has 0 heterocycles. The fourth-order valence-electron chi connectivity index (χ4n) is 1.73. The molecule has 0 unspecified atom stereocenters. The molecule has 0 fully saturated rings. The van der Waals surface area contributed by atoms with Gasteiger partial charge in [0.15, 0.2) is 0 Å². The number of nitrogens with one attached hydrogen (secondary N) is 1. The molecule has 0 radical (unpaired) electrons. The van der Waals surface area contributed by atoms with Gasteiger partial charge in [0, 0.05) is 11.2 Å². The van der Waals surface area contributed by atoms with E-state index in [1.54, 1.807) is 20.8 Å². The number of hydrogen-bond donors (Lipinski definition) is 2. The Kier molecular flexibility index (Phi) is 4.76. The Morgan fingerprint density at radius 1 is 1.30 bits per heavy atom. The average Bonchev–Trinajstić information content (AvgIpc) is 2.17. The van der Waals surface area contributed by atoms with Gasteiger partial charge in [-0.15, -0.1) is 0 Å². The van der Waals surface area contributed by atoms with Gasteiger partial charge in [-0.25, -0.2) is 9.18 Å².